The number of hydrogen-bond donors (Lipinski definition) is 0. The summed E-state index contributed by atoms with van der Waals surface area (Å²) < 4.78 is 10.6. The fraction of sp³-hybridized carbons (Fsp3) is 0.125. The highest BCUT2D eigenvalue weighted by Gasteiger charge is 2.15. The molecule has 0 saturated heterocycles. The maximum absolute atomic E-state index is 11.8. The Balaban J connectivity index is 1.20. The molecule has 54 heavy (non-hydrogen) atoms. The van der Waals surface area contributed by atoms with Gasteiger partial charge in [-0.15, -0.1) is 0 Å². The fourth-order valence-corrected chi connectivity index (χ4v) is 6.05. The average Bonchev–Trinajstić information content (AvgIpc) is 3.20. The summed E-state index contributed by atoms with van der Waals surface area (Å²) in [5.41, 5.74) is 11.4. The zero-order chi connectivity index (χ0) is 37.9. The van der Waals surface area contributed by atoms with Gasteiger partial charge in [0.25, 0.3) is 0 Å². The molecule has 0 N–H and O–H groups in total. The largest absolute Gasteiger partial charge is 0.462 e. The zero-order valence-corrected chi connectivity index (χ0v) is 30.8. The van der Waals surface area contributed by atoms with Crippen molar-refractivity contribution in [3.63, 3.8) is 0 Å². The highest BCUT2D eigenvalue weighted by Crippen LogP contribution is 2.38. The van der Waals surface area contributed by atoms with E-state index in [1.165, 1.54) is 0 Å². The van der Waals surface area contributed by atoms with Crippen LogP contribution in [0.2, 0.25) is 0 Å². The van der Waals surface area contributed by atoms with E-state index >= 15 is 0 Å². The SMILES string of the molecule is C=C(C)C(=O)OCCc1ccc(N(c2ccccc2)c2ccc(-c3ccc(N(c4ccccc4)c4ccc(CCOC(=O)C(=C)C)cc4)cc3)cc2)cc1. The first kappa shape index (κ1) is 37.1. The number of ether oxygens (including phenoxy) is 2. The van der Waals surface area contributed by atoms with Crippen molar-refractivity contribution in [3.8, 4) is 11.1 Å². The lowest BCUT2D eigenvalue weighted by molar-refractivity contribution is -0.139. The smallest absolute Gasteiger partial charge is 0.333 e. The standard InChI is InChI=1S/C48H44N2O4/c1-35(2)47(51)53-33-31-37-15-23-43(24-16-37)49(41-11-7-5-8-12-41)45-27-19-39(20-28-45)40-21-29-46(30-22-40)50(42-13-9-6-10-14-42)44-25-17-38(18-26-44)32-34-54-48(52)36(3)4/h5-30H,1,3,31-34H2,2,4H3. The molecule has 0 saturated carbocycles. The van der Waals surface area contributed by atoms with Crippen molar-refractivity contribution >= 4 is 46.1 Å². The van der Waals surface area contributed by atoms with Gasteiger partial charge >= 0.3 is 11.9 Å². The molecule has 0 amide bonds. The van der Waals surface area contributed by atoms with Crippen LogP contribution in [0.4, 0.5) is 34.1 Å². The summed E-state index contributed by atoms with van der Waals surface area (Å²) in [4.78, 5) is 28.0. The minimum Gasteiger partial charge on any atom is -0.462 e. The Morgan fingerprint density at radius 3 is 1.00 bits per heavy atom. The third-order valence-electron chi connectivity index (χ3n) is 8.95. The zero-order valence-electron chi connectivity index (χ0n) is 30.8. The Morgan fingerprint density at radius 2 is 0.704 bits per heavy atom. The van der Waals surface area contributed by atoms with E-state index in [2.05, 4.69) is 144 Å². The lowest BCUT2D eigenvalue weighted by atomic mass is 10.0. The first-order valence-electron chi connectivity index (χ1n) is 18.0. The summed E-state index contributed by atoms with van der Waals surface area (Å²) >= 11 is 0. The normalized spacial score (nSPS) is 10.6. The lowest BCUT2D eigenvalue weighted by Crippen LogP contribution is -2.10. The quantitative estimate of drug-likeness (QED) is 0.0780. The highest BCUT2D eigenvalue weighted by atomic mass is 16.5. The van der Waals surface area contributed by atoms with Gasteiger partial charge in [-0.25, -0.2) is 9.59 Å². The number of nitrogens with zero attached hydrogens (tertiary/aromatic N) is 2. The topological polar surface area (TPSA) is 59.1 Å². The van der Waals surface area contributed by atoms with Crippen LogP contribution in [0.15, 0.2) is 182 Å². The van der Waals surface area contributed by atoms with Crippen molar-refractivity contribution in [1.29, 1.82) is 0 Å². The van der Waals surface area contributed by atoms with Crippen LogP contribution in [0, 0.1) is 0 Å². The second-order valence-electron chi connectivity index (χ2n) is 13.1. The predicted molar refractivity (Wildman–Crippen MR) is 220 cm³/mol. The molecule has 0 aliphatic heterocycles. The van der Waals surface area contributed by atoms with Gasteiger partial charge in [0.05, 0.1) is 13.2 Å². The predicted octanol–water partition coefficient (Wildman–Crippen LogP) is 11.6. The van der Waals surface area contributed by atoms with Crippen molar-refractivity contribution in [2.45, 2.75) is 26.7 Å². The number of anilines is 6. The van der Waals surface area contributed by atoms with Crippen LogP contribution in [0.1, 0.15) is 25.0 Å². The molecule has 270 valence electrons. The molecule has 0 unspecified atom stereocenters. The minimum absolute atomic E-state index is 0.311. The van der Waals surface area contributed by atoms with Gasteiger partial charge in [-0.1, -0.05) is 98.1 Å². The number of esters is 2. The van der Waals surface area contributed by atoms with Gasteiger partial charge in [-0.3, -0.25) is 0 Å². The molecular formula is C48H44N2O4. The molecule has 0 heterocycles. The summed E-state index contributed by atoms with van der Waals surface area (Å²) in [5.74, 6) is -0.730. The maximum Gasteiger partial charge on any atom is 0.333 e. The molecule has 6 aromatic rings. The van der Waals surface area contributed by atoms with Crippen LogP contribution in [-0.4, -0.2) is 25.2 Å². The van der Waals surface area contributed by atoms with Crippen molar-refractivity contribution < 1.29 is 19.1 Å². The van der Waals surface area contributed by atoms with E-state index in [9.17, 15) is 9.59 Å². The van der Waals surface area contributed by atoms with Gasteiger partial charge in [0.15, 0.2) is 0 Å². The van der Waals surface area contributed by atoms with Gasteiger partial charge in [0.1, 0.15) is 0 Å². The van der Waals surface area contributed by atoms with Gasteiger partial charge in [-0.05, 0) is 109 Å². The number of carbonyl (C=O) groups excluding carboxylic acids is 2. The second-order valence-corrected chi connectivity index (χ2v) is 13.1. The van der Waals surface area contributed by atoms with E-state index in [0.29, 0.717) is 37.2 Å². The third-order valence-corrected chi connectivity index (χ3v) is 8.95. The van der Waals surface area contributed by atoms with E-state index in [0.717, 1.165) is 56.4 Å². The second kappa shape index (κ2) is 17.7. The molecule has 0 aliphatic rings. The molecule has 6 rings (SSSR count). The summed E-state index contributed by atoms with van der Waals surface area (Å²) in [7, 11) is 0. The van der Waals surface area contributed by atoms with E-state index in [4.69, 9.17) is 9.47 Å². The van der Waals surface area contributed by atoms with E-state index in [1.54, 1.807) is 13.8 Å². The molecule has 6 heteroatoms. The molecule has 0 aromatic heterocycles. The van der Waals surface area contributed by atoms with Crippen LogP contribution < -0.4 is 9.80 Å². The molecule has 0 bridgehead atoms. The Kier molecular flexibility index (Phi) is 12.2. The van der Waals surface area contributed by atoms with Crippen molar-refractivity contribution in [1.82, 2.24) is 0 Å². The summed E-state index contributed by atoms with van der Waals surface area (Å²) in [6.07, 6.45) is 1.26. The molecule has 0 atom stereocenters. The van der Waals surface area contributed by atoms with Crippen LogP contribution in [0.25, 0.3) is 11.1 Å². The van der Waals surface area contributed by atoms with E-state index in [1.807, 2.05) is 36.4 Å². The first-order valence-corrected chi connectivity index (χ1v) is 18.0. The number of benzene rings is 6. The number of rotatable bonds is 15. The third kappa shape index (κ3) is 9.41. The van der Waals surface area contributed by atoms with Gasteiger partial charge in [0.2, 0.25) is 0 Å². The van der Waals surface area contributed by atoms with E-state index in [-0.39, 0.29) is 11.9 Å². The molecule has 0 fully saturated rings. The summed E-state index contributed by atoms with van der Waals surface area (Å²) in [6, 6.07) is 54.6. The van der Waals surface area contributed by atoms with Gasteiger partial charge in [0, 0.05) is 58.1 Å². The maximum atomic E-state index is 11.8. The van der Waals surface area contributed by atoms with E-state index < -0.39 is 0 Å². The average molecular weight is 713 g/mol. The number of para-hydroxylation sites is 2. The lowest BCUT2D eigenvalue weighted by Gasteiger charge is -2.26. The monoisotopic (exact) mass is 712 g/mol. The number of carbonyl (C=O) groups is 2. The Labute approximate surface area is 318 Å². The molecule has 0 radical (unpaired) electrons. The Hall–Kier alpha value is -6.66. The first-order chi connectivity index (χ1) is 26.3. The van der Waals surface area contributed by atoms with Crippen LogP contribution in [0.3, 0.4) is 0 Å². The van der Waals surface area contributed by atoms with Crippen LogP contribution >= 0.6 is 0 Å². The van der Waals surface area contributed by atoms with Crippen LogP contribution in [0.5, 0.6) is 0 Å². The fourth-order valence-electron chi connectivity index (χ4n) is 6.05. The molecule has 0 spiro atoms. The minimum atomic E-state index is -0.365. The molecule has 6 aromatic carbocycles. The molecule has 6 nitrogen and oxygen atoms in total. The molecule has 0 aliphatic carbocycles. The summed E-state index contributed by atoms with van der Waals surface area (Å²) in [5, 5.41) is 0. The number of hydrogen-bond acceptors (Lipinski definition) is 6. The van der Waals surface area contributed by atoms with Crippen molar-refractivity contribution in [2.24, 2.45) is 0 Å². The van der Waals surface area contributed by atoms with Crippen molar-refractivity contribution in [2.75, 3.05) is 23.0 Å². The molecular weight excluding hydrogens is 669 g/mol. The Bertz CT molecular complexity index is 2020. The van der Waals surface area contributed by atoms with Gasteiger partial charge in [-0.2, -0.15) is 0 Å². The van der Waals surface area contributed by atoms with Crippen molar-refractivity contribution in [3.05, 3.63) is 193 Å². The Morgan fingerprint density at radius 1 is 0.426 bits per heavy atom. The highest BCUT2D eigenvalue weighted by molar-refractivity contribution is 5.87. The van der Waals surface area contributed by atoms with Crippen LogP contribution in [-0.2, 0) is 31.9 Å². The summed E-state index contributed by atoms with van der Waals surface area (Å²) in [6.45, 7) is 11.2. The van der Waals surface area contributed by atoms with Gasteiger partial charge < -0.3 is 19.3 Å².